The van der Waals surface area contributed by atoms with Crippen molar-refractivity contribution in [2.45, 2.75) is 24.9 Å². The van der Waals surface area contributed by atoms with E-state index in [-0.39, 0.29) is 18.6 Å². The van der Waals surface area contributed by atoms with Crippen molar-refractivity contribution in [3.63, 3.8) is 0 Å². The molecule has 0 spiro atoms. The molecule has 0 aliphatic carbocycles. The number of nitrogens with two attached hydrogens (primary N) is 1. The fraction of sp³-hybridized carbons (Fsp3) is 0.267. The summed E-state index contributed by atoms with van der Waals surface area (Å²) in [7, 11) is 0. The zero-order valence-corrected chi connectivity index (χ0v) is 12.7. The maximum Gasteiger partial charge on any atom is 0.328 e. The third-order valence-electron chi connectivity index (χ3n) is 3.36. The smallest absolute Gasteiger partial charge is 0.328 e. The van der Waals surface area contributed by atoms with Crippen LogP contribution in [0.25, 0.3) is 0 Å². The van der Waals surface area contributed by atoms with Crippen molar-refractivity contribution in [2.75, 3.05) is 5.43 Å². The number of phenolic OH excluding ortho intramolecular Hbond substituents is 1. The van der Waals surface area contributed by atoms with Gasteiger partial charge >= 0.3 is 11.9 Å². The summed E-state index contributed by atoms with van der Waals surface area (Å²) in [5.41, 5.74) is 9.38. The fourth-order valence-corrected chi connectivity index (χ4v) is 2.09. The monoisotopic (exact) mass is 334 g/mol. The number of phenols is 1. The number of carboxylic acid groups (broad SMARTS) is 2. The van der Waals surface area contributed by atoms with Crippen LogP contribution >= 0.6 is 0 Å². The number of aromatic hydroxyl groups is 1. The van der Waals surface area contributed by atoms with Gasteiger partial charge in [0.1, 0.15) is 24.2 Å². The molecule has 0 saturated carbocycles. The van der Waals surface area contributed by atoms with Crippen molar-refractivity contribution < 1.29 is 24.9 Å². The van der Waals surface area contributed by atoms with Gasteiger partial charge in [-0.25, -0.2) is 9.78 Å². The van der Waals surface area contributed by atoms with Gasteiger partial charge in [-0.15, -0.1) is 0 Å². The van der Waals surface area contributed by atoms with Crippen LogP contribution in [0, 0.1) is 0 Å². The number of carbonyl (C=O) groups is 2. The van der Waals surface area contributed by atoms with Crippen LogP contribution in [0.1, 0.15) is 11.3 Å². The second-order valence-corrected chi connectivity index (χ2v) is 5.31. The van der Waals surface area contributed by atoms with Crippen LogP contribution in [-0.4, -0.2) is 49.0 Å². The first kappa shape index (κ1) is 17.3. The maximum absolute atomic E-state index is 11.4. The van der Waals surface area contributed by atoms with Crippen molar-refractivity contribution >= 4 is 11.9 Å². The topological polar surface area (TPSA) is 151 Å². The molecule has 24 heavy (non-hydrogen) atoms. The number of aliphatic carboxylic acids is 2. The summed E-state index contributed by atoms with van der Waals surface area (Å²) < 4.78 is 1.36. The Morgan fingerprint density at radius 3 is 2.42 bits per heavy atom. The fourth-order valence-electron chi connectivity index (χ4n) is 2.09. The number of hydrogen-bond donors (Lipinski definition) is 5. The molecule has 6 N–H and O–H groups in total. The Morgan fingerprint density at radius 2 is 1.83 bits per heavy atom. The van der Waals surface area contributed by atoms with Gasteiger partial charge in [0.15, 0.2) is 0 Å². The van der Waals surface area contributed by atoms with Gasteiger partial charge in [-0.1, -0.05) is 12.1 Å². The van der Waals surface area contributed by atoms with Gasteiger partial charge < -0.3 is 26.5 Å². The van der Waals surface area contributed by atoms with Crippen molar-refractivity contribution in [1.82, 2.24) is 9.66 Å². The highest BCUT2D eigenvalue weighted by atomic mass is 16.4. The Kier molecular flexibility index (Phi) is 5.38. The molecular weight excluding hydrogens is 316 g/mol. The Hall–Kier alpha value is -3.07. The molecule has 0 aliphatic rings. The number of aromatic nitrogens is 2. The summed E-state index contributed by atoms with van der Waals surface area (Å²) in [6.07, 6.45) is 3.09. The van der Waals surface area contributed by atoms with Crippen LogP contribution in [0.15, 0.2) is 36.8 Å². The summed E-state index contributed by atoms with van der Waals surface area (Å²) >= 11 is 0. The summed E-state index contributed by atoms with van der Waals surface area (Å²) in [6, 6.07) is 4.25. The number of nitrogens with one attached hydrogen (secondary N) is 1. The highest BCUT2D eigenvalue weighted by molar-refractivity contribution is 5.75. The van der Waals surface area contributed by atoms with Crippen LogP contribution in [0.5, 0.6) is 5.75 Å². The minimum absolute atomic E-state index is 0.0414. The number of imidazole rings is 1. The number of hydrogen-bond acceptors (Lipinski definition) is 6. The highest BCUT2D eigenvalue weighted by Crippen LogP contribution is 2.12. The van der Waals surface area contributed by atoms with Crippen LogP contribution in [0.2, 0.25) is 0 Å². The van der Waals surface area contributed by atoms with E-state index in [9.17, 15) is 19.8 Å². The molecule has 1 aromatic heterocycles. The van der Waals surface area contributed by atoms with Gasteiger partial charge in [0, 0.05) is 19.0 Å². The predicted octanol–water partition coefficient (Wildman–Crippen LogP) is -0.218. The number of carboxylic acids is 2. The van der Waals surface area contributed by atoms with E-state index in [1.807, 2.05) is 0 Å². The molecule has 0 bridgehead atoms. The average Bonchev–Trinajstić information content (AvgIpc) is 2.95. The van der Waals surface area contributed by atoms with Crippen LogP contribution < -0.4 is 11.2 Å². The van der Waals surface area contributed by atoms with Gasteiger partial charge in [-0.2, -0.15) is 0 Å². The molecule has 0 radical (unpaired) electrons. The van der Waals surface area contributed by atoms with E-state index in [0.29, 0.717) is 5.69 Å². The zero-order chi connectivity index (χ0) is 17.7. The summed E-state index contributed by atoms with van der Waals surface area (Å²) in [4.78, 5) is 26.1. The molecule has 128 valence electrons. The summed E-state index contributed by atoms with van der Waals surface area (Å²) in [6.45, 7) is 0. The minimum Gasteiger partial charge on any atom is -0.508 e. The molecule has 0 fully saturated rings. The van der Waals surface area contributed by atoms with E-state index >= 15 is 0 Å². The second-order valence-electron chi connectivity index (χ2n) is 5.31. The van der Waals surface area contributed by atoms with Gasteiger partial charge in [0.05, 0.1) is 5.69 Å². The number of nitrogens with zero attached hydrogens (tertiary/aromatic N) is 2. The van der Waals surface area contributed by atoms with Crippen molar-refractivity contribution in [2.24, 2.45) is 5.73 Å². The predicted molar refractivity (Wildman–Crippen MR) is 84.1 cm³/mol. The lowest BCUT2D eigenvalue weighted by Gasteiger charge is -2.16. The maximum atomic E-state index is 11.4. The SMILES string of the molecule is N[C@@H](Cc1cn(N[C@@H](Cc2ccc(O)cc2)C(=O)O)cn1)C(=O)O. The van der Waals surface area contributed by atoms with Gasteiger partial charge in [0.25, 0.3) is 0 Å². The average molecular weight is 334 g/mol. The van der Waals surface area contributed by atoms with Crippen LogP contribution in [-0.2, 0) is 22.4 Å². The number of benzene rings is 1. The Bertz CT molecular complexity index is 713. The van der Waals surface area contributed by atoms with Crippen LogP contribution in [0.4, 0.5) is 0 Å². The van der Waals surface area contributed by atoms with Gasteiger partial charge in [0.2, 0.25) is 0 Å². The molecule has 0 saturated heterocycles. The second kappa shape index (κ2) is 7.47. The van der Waals surface area contributed by atoms with Crippen molar-refractivity contribution in [3.05, 3.63) is 48.0 Å². The molecule has 2 rings (SSSR count). The minimum atomic E-state index is -1.13. The lowest BCUT2D eigenvalue weighted by molar-refractivity contribution is -0.139. The lowest BCUT2D eigenvalue weighted by atomic mass is 10.1. The van der Waals surface area contributed by atoms with E-state index in [2.05, 4.69) is 10.4 Å². The van der Waals surface area contributed by atoms with E-state index < -0.39 is 24.0 Å². The normalized spacial score (nSPS) is 13.2. The van der Waals surface area contributed by atoms with E-state index in [1.165, 1.54) is 29.3 Å². The molecule has 1 aromatic carbocycles. The Labute approximate surface area is 137 Å². The van der Waals surface area contributed by atoms with Gasteiger partial charge in [-0.3, -0.25) is 9.47 Å². The molecular formula is C15H18N4O5. The number of rotatable bonds is 8. The van der Waals surface area contributed by atoms with Gasteiger partial charge in [-0.05, 0) is 17.7 Å². The molecule has 9 nitrogen and oxygen atoms in total. The molecule has 2 aromatic rings. The molecule has 1 heterocycles. The Morgan fingerprint density at radius 1 is 1.17 bits per heavy atom. The van der Waals surface area contributed by atoms with Crippen molar-refractivity contribution in [3.8, 4) is 5.75 Å². The summed E-state index contributed by atoms with van der Waals surface area (Å²) in [5.74, 6) is -2.08. The first-order valence-electron chi connectivity index (χ1n) is 7.13. The van der Waals surface area contributed by atoms with Crippen LogP contribution in [0.3, 0.4) is 0 Å². The highest BCUT2D eigenvalue weighted by Gasteiger charge is 2.19. The molecule has 0 aliphatic heterocycles. The molecule has 0 unspecified atom stereocenters. The Balaban J connectivity index is 2.03. The largest absolute Gasteiger partial charge is 0.508 e. The lowest BCUT2D eigenvalue weighted by Crippen LogP contribution is -2.36. The standard InChI is InChI=1S/C15H18N4O5/c16-12(14(21)22)6-10-7-19(8-17-10)18-13(15(23)24)5-9-1-3-11(20)4-2-9/h1-4,7-8,12-13,18,20H,5-6,16H2,(H,21,22)(H,23,24)/t12-,13-/m0/s1. The van der Waals surface area contributed by atoms with E-state index in [4.69, 9.17) is 10.8 Å². The molecule has 2 atom stereocenters. The van der Waals surface area contributed by atoms with E-state index in [0.717, 1.165) is 5.56 Å². The third-order valence-corrected chi connectivity index (χ3v) is 3.36. The quantitative estimate of drug-likeness (QED) is 0.444. The molecule has 0 amide bonds. The third kappa shape index (κ3) is 4.71. The van der Waals surface area contributed by atoms with Crippen molar-refractivity contribution in [1.29, 1.82) is 0 Å². The zero-order valence-electron chi connectivity index (χ0n) is 12.7. The summed E-state index contributed by atoms with van der Waals surface area (Å²) in [5, 5.41) is 27.4. The first-order chi connectivity index (χ1) is 11.3. The molecule has 9 heteroatoms. The first-order valence-corrected chi connectivity index (χ1v) is 7.13. The van der Waals surface area contributed by atoms with E-state index in [1.54, 1.807) is 12.1 Å².